The number of rotatable bonds is 4. The fourth-order valence-electron chi connectivity index (χ4n) is 1.66. The molecule has 1 rings (SSSR count). The summed E-state index contributed by atoms with van der Waals surface area (Å²) in [5.41, 5.74) is 7.42. The van der Waals surface area contributed by atoms with Gasteiger partial charge in [0.2, 0.25) is 0 Å². The van der Waals surface area contributed by atoms with Crippen molar-refractivity contribution < 1.29 is 9.21 Å². The van der Waals surface area contributed by atoms with Crippen molar-refractivity contribution in [1.29, 1.82) is 0 Å². The van der Waals surface area contributed by atoms with Crippen molar-refractivity contribution in [3.05, 3.63) is 22.6 Å². The Balaban J connectivity index is 2.71. The number of carbonyl (C=O) groups is 1. The minimum Gasteiger partial charge on any atom is -0.466 e. The summed E-state index contributed by atoms with van der Waals surface area (Å²) in [6.07, 6.45) is 0. The molecule has 3 N–H and O–H groups in total. The van der Waals surface area contributed by atoms with Gasteiger partial charge in [-0.2, -0.15) is 0 Å². The van der Waals surface area contributed by atoms with Crippen LogP contribution in [0.25, 0.3) is 0 Å². The lowest BCUT2D eigenvalue weighted by Gasteiger charge is -2.16. The first-order chi connectivity index (χ1) is 7.84. The van der Waals surface area contributed by atoms with Crippen molar-refractivity contribution in [2.24, 2.45) is 11.7 Å². The van der Waals surface area contributed by atoms with Crippen LogP contribution in [0.2, 0.25) is 0 Å². The first kappa shape index (κ1) is 13.8. The number of hydrogen-bond donors (Lipinski definition) is 2. The van der Waals surface area contributed by atoms with Crippen molar-refractivity contribution in [2.45, 2.75) is 40.7 Å². The van der Waals surface area contributed by atoms with Gasteiger partial charge in [0, 0.05) is 18.2 Å². The van der Waals surface area contributed by atoms with E-state index >= 15 is 0 Å². The van der Waals surface area contributed by atoms with Gasteiger partial charge in [-0.15, -0.1) is 0 Å². The number of amides is 1. The summed E-state index contributed by atoms with van der Waals surface area (Å²) in [7, 11) is 0. The van der Waals surface area contributed by atoms with Gasteiger partial charge in [-0.25, -0.2) is 0 Å². The second-order valence-corrected chi connectivity index (χ2v) is 4.83. The Morgan fingerprint density at radius 3 is 2.29 bits per heavy atom. The number of aryl methyl sites for hydroxylation is 2. The predicted octanol–water partition coefficient (Wildman–Crippen LogP) is 1.92. The van der Waals surface area contributed by atoms with E-state index in [4.69, 9.17) is 10.2 Å². The molecule has 1 heterocycles. The Bertz CT molecular complexity index is 408. The van der Waals surface area contributed by atoms with E-state index in [1.54, 1.807) is 6.92 Å². The van der Waals surface area contributed by atoms with E-state index in [9.17, 15) is 4.79 Å². The molecule has 0 saturated heterocycles. The largest absolute Gasteiger partial charge is 0.466 e. The van der Waals surface area contributed by atoms with Gasteiger partial charge in [0.1, 0.15) is 11.5 Å². The molecular weight excluding hydrogens is 216 g/mol. The van der Waals surface area contributed by atoms with E-state index in [-0.39, 0.29) is 11.9 Å². The Labute approximate surface area is 103 Å². The monoisotopic (exact) mass is 238 g/mol. The minimum absolute atomic E-state index is 0.0208. The molecule has 0 fully saturated rings. The molecule has 96 valence electrons. The van der Waals surface area contributed by atoms with Crippen LogP contribution in [-0.2, 0) is 0 Å². The predicted molar refractivity (Wildman–Crippen MR) is 68.1 cm³/mol. The van der Waals surface area contributed by atoms with E-state index in [1.807, 2.05) is 27.7 Å². The van der Waals surface area contributed by atoms with Gasteiger partial charge >= 0.3 is 0 Å². The molecule has 0 spiro atoms. The van der Waals surface area contributed by atoms with Gasteiger partial charge in [0.25, 0.3) is 5.91 Å². The molecule has 1 amide bonds. The molecule has 0 radical (unpaired) electrons. The zero-order valence-corrected chi connectivity index (χ0v) is 11.3. The van der Waals surface area contributed by atoms with Crippen LogP contribution in [0, 0.1) is 26.7 Å². The fraction of sp³-hybridized carbons (Fsp3) is 0.615. The summed E-state index contributed by atoms with van der Waals surface area (Å²) in [6, 6.07) is -0.0208. The van der Waals surface area contributed by atoms with Gasteiger partial charge in [-0.3, -0.25) is 4.79 Å². The van der Waals surface area contributed by atoms with Crippen LogP contribution >= 0.6 is 0 Å². The quantitative estimate of drug-likeness (QED) is 0.842. The SMILES string of the molecule is Cc1oc(C)c(C(=O)NCC(N)C(C)C)c1C. The molecular formula is C13H22N2O2. The molecule has 0 aliphatic heterocycles. The molecule has 0 bridgehead atoms. The lowest BCUT2D eigenvalue weighted by atomic mass is 10.1. The summed E-state index contributed by atoms with van der Waals surface area (Å²) in [5.74, 6) is 1.70. The van der Waals surface area contributed by atoms with Crippen LogP contribution < -0.4 is 11.1 Å². The molecule has 4 nitrogen and oxygen atoms in total. The fourth-order valence-corrected chi connectivity index (χ4v) is 1.66. The first-order valence-electron chi connectivity index (χ1n) is 5.95. The van der Waals surface area contributed by atoms with Gasteiger partial charge in [0.05, 0.1) is 5.56 Å². The zero-order valence-electron chi connectivity index (χ0n) is 11.3. The molecule has 0 aromatic carbocycles. The maximum atomic E-state index is 12.0. The lowest BCUT2D eigenvalue weighted by Crippen LogP contribution is -2.40. The van der Waals surface area contributed by atoms with E-state index in [2.05, 4.69) is 5.32 Å². The Morgan fingerprint density at radius 1 is 1.29 bits per heavy atom. The normalized spacial score (nSPS) is 12.9. The molecule has 0 saturated carbocycles. The molecule has 1 atom stereocenters. The average molecular weight is 238 g/mol. The maximum Gasteiger partial charge on any atom is 0.255 e. The first-order valence-corrected chi connectivity index (χ1v) is 5.95. The van der Waals surface area contributed by atoms with Crippen LogP contribution in [0.3, 0.4) is 0 Å². The molecule has 1 unspecified atom stereocenters. The Hall–Kier alpha value is -1.29. The average Bonchev–Trinajstić information content (AvgIpc) is 2.49. The van der Waals surface area contributed by atoms with E-state index < -0.39 is 0 Å². The second-order valence-electron chi connectivity index (χ2n) is 4.83. The second kappa shape index (κ2) is 5.36. The van der Waals surface area contributed by atoms with Gasteiger partial charge in [-0.05, 0) is 26.7 Å². The van der Waals surface area contributed by atoms with Crippen LogP contribution in [0.1, 0.15) is 41.3 Å². The zero-order chi connectivity index (χ0) is 13.2. The summed E-state index contributed by atoms with van der Waals surface area (Å²) in [4.78, 5) is 12.0. The Kier molecular flexibility index (Phi) is 4.34. The molecule has 0 aliphatic carbocycles. The van der Waals surface area contributed by atoms with E-state index in [0.717, 1.165) is 11.3 Å². The molecule has 1 aromatic rings. The van der Waals surface area contributed by atoms with Crippen molar-refractivity contribution in [1.82, 2.24) is 5.32 Å². The Morgan fingerprint density at radius 2 is 1.88 bits per heavy atom. The van der Waals surface area contributed by atoms with Crippen molar-refractivity contribution in [3.8, 4) is 0 Å². The van der Waals surface area contributed by atoms with Crippen LogP contribution in [0.15, 0.2) is 4.42 Å². The third-order valence-electron chi connectivity index (χ3n) is 3.14. The number of hydrogen-bond acceptors (Lipinski definition) is 3. The van der Waals surface area contributed by atoms with E-state index in [1.165, 1.54) is 0 Å². The van der Waals surface area contributed by atoms with Crippen LogP contribution in [-0.4, -0.2) is 18.5 Å². The van der Waals surface area contributed by atoms with Crippen LogP contribution in [0.5, 0.6) is 0 Å². The summed E-state index contributed by atoms with van der Waals surface area (Å²) < 4.78 is 5.43. The summed E-state index contributed by atoms with van der Waals surface area (Å²) in [6.45, 7) is 10.1. The van der Waals surface area contributed by atoms with Crippen molar-refractivity contribution >= 4 is 5.91 Å². The highest BCUT2D eigenvalue weighted by Gasteiger charge is 2.19. The number of carbonyl (C=O) groups excluding carboxylic acids is 1. The third-order valence-corrected chi connectivity index (χ3v) is 3.14. The molecule has 0 aliphatic rings. The summed E-state index contributed by atoms with van der Waals surface area (Å²) >= 11 is 0. The van der Waals surface area contributed by atoms with Crippen LogP contribution in [0.4, 0.5) is 0 Å². The minimum atomic E-state index is -0.104. The van der Waals surface area contributed by atoms with Crippen molar-refractivity contribution in [3.63, 3.8) is 0 Å². The lowest BCUT2D eigenvalue weighted by molar-refractivity contribution is 0.0947. The molecule has 4 heteroatoms. The number of furan rings is 1. The number of nitrogens with one attached hydrogen (secondary N) is 1. The maximum absolute atomic E-state index is 12.0. The highest BCUT2D eigenvalue weighted by molar-refractivity contribution is 5.96. The molecule has 1 aromatic heterocycles. The van der Waals surface area contributed by atoms with E-state index in [0.29, 0.717) is 23.8 Å². The smallest absolute Gasteiger partial charge is 0.255 e. The number of nitrogens with two attached hydrogens (primary N) is 1. The standard InChI is InChI=1S/C13H22N2O2/c1-7(2)11(14)6-15-13(16)12-8(3)9(4)17-10(12)5/h7,11H,6,14H2,1-5H3,(H,15,16). The van der Waals surface area contributed by atoms with Gasteiger partial charge in [-0.1, -0.05) is 13.8 Å². The summed E-state index contributed by atoms with van der Waals surface area (Å²) in [5, 5.41) is 2.85. The highest BCUT2D eigenvalue weighted by atomic mass is 16.3. The highest BCUT2D eigenvalue weighted by Crippen LogP contribution is 2.20. The topological polar surface area (TPSA) is 68.3 Å². The van der Waals surface area contributed by atoms with Crippen molar-refractivity contribution in [2.75, 3.05) is 6.54 Å². The van der Waals surface area contributed by atoms with Gasteiger partial charge in [0.15, 0.2) is 0 Å². The molecule has 17 heavy (non-hydrogen) atoms. The third kappa shape index (κ3) is 3.09. The van der Waals surface area contributed by atoms with Gasteiger partial charge < -0.3 is 15.5 Å².